The van der Waals surface area contributed by atoms with E-state index < -0.39 is 5.97 Å². The summed E-state index contributed by atoms with van der Waals surface area (Å²) in [5.74, 6) is -0.460. The smallest absolute Gasteiger partial charge is 0.335 e. The summed E-state index contributed by atoms with van der Waals surface area (Å²) in [6.45, 7) is 3.89. The predicted molar refractivity (Wildman–Crippen MR) is 119 cm³/mol. The molecule has 1 aliphatic rings. The van der Waals surface area contributed by atoms with Crippen molar-refractivity contribution in [3.05, 3.63) is 63.0 Å². The Morgan fingerprint density at radius 1 is 1.24 bits per heavy atom. The van der Waals surface area contributed by atoms with Crippen LogP contribution in [0.2, 0.25) is 0 Å². The number of hydrogen-bond acceptors (Lipinski definition) is 5. The van der Waals surface area contributed by atoms with Gasteiger partial charge in [-0.05, 0) is 74.1 Å². The van der Waals surface area contributed by atoms with E-state index in [9.17, 15) is 9.59 Å². The number of ether oxygens (including phenoxy) is 1. The number of rotatable bonds is 5. The van der Waals surface area contributed by atoms with Crippen LogP contribution in [0.1, 0.15) is 29.8 Å². The third-order valence-electron chi connectivity index (χ3n) is 3.96. The Hall–Kier alpha value is -2.58. The largest absolute Gasteiger partial charge is 0.490 e. The lowest BCUT2D eigenvalue weighted by Gasteiger charge is -2.13. The van der Waals surface area contributed by atoms with Gasteiger partial charge in [0, 0.05) is 17.1 Å². The maximum atomic E-state index is 12.7. The summed E-state index contributed by atoms with van der Waals surface area (Å²) in [6, 6.07) is 11.8. The molecule has 0 saturated carbocycles. The molecule has 1 N–H and O–H groups in total. The average Bonchev–Trinajstić information content (AvgIpc) is 2.92. The van der Waals surface area contributed by atoms with Gasteiger partial charge in [0.2, 0.25) is 0 Å². The quantitative estimate of drug-likeness (QED) is 0.604. The number of thioether (sulfide) groups is 1. The SMILES string of the molecule is CC(C)Oc1ccc(Br)cc1/C=C1/SC(=Nc2ccc(C(=O)O)cc2)N(C)C1=O. The Morgan fingerprint density at radius 3 is 2.55 bits per heavy atom. The van der Waals surface area contributed by atoms with Crippen molar-refractivity contribution >= 4 is 56.5 Å². The minimum absolute atomic E-state index is 0.00818. The summed E-state index contributed by atoms with van der Waals surface area (Å²) in [7, 11) is 1.66. The molecule has 6 nitrogen and oxygen atoms in total. The molecule has 1 saturated heterocycles. The first kappa shape index (κ1) is 21.1. The zero-order chi connectivity index (χ0) is 21.1. The fourth-order valence-corrected chi connectivity index (χ4v) is 3.93. The topological polar surface area (TPSA) is 79.2 Å². The van der Waals surface area contributed by atoms with Crippen LogP contribution < -0.4 is 4.74 Å². The number of carboxylic acids is 1. The minimum atomic E-state index is -0.995. The first-order chi connectivity index (χ1) is 13.7. The van der Waals surface area contributed by atoms with Gasteiger partial charge in [-0.15, -0.1) is 0 Å². The van der Waals surface area contributed by atoms with Crippen LogP contribution in [0, 0.1) is 0 Å². The van der Waals surface area contributed by atoms with Gasteiger partial charge >= 0.3 is 5.97 Å². The van der Waals surface area contributed by atoms with Crippen molar-refractivity contribution < 1.29 is 19.4 Å². The number of amides is 1. The average molecular weight is 475 g/mol. The van der Waals surface area contributed by atoms with Crippen LogP contribution in [0.4, 0.5) is 5.69 Å². The van der Waals surface area contributed by atoms with Crippen LogP contribution in [-0.4, -0.2) is 40.2 Å². The van der Waals surface area contributed by atoms with Crippen LogP contribution in [-0.2, 0) is 4.79 Å². The van der Waals surface area contributed by atoms with Gasteiger partial charge in [0.05, 0.1) is 22.3 Å². The molecular formula is C21H19BrN2O4S. The fourth-order valence-electron chi connectivity index (χ4n) is 2.58. The van der Waals surface area contributed by atoms with Crippen LogP contribution in [0.15, 0.2) is 56.8 Å². The third kappa shape index (κ3) is 5.07. The molecule has 0 radical (unpaired) electrons. The second-order valence-corrected chi connectivity index (χ2v) is 8.49. The number of carbonyl (C=O) groups excluding carboxylic acids is 1. The van der Waals surface area contributed by atoms with Gasteiger partial charge in [0.1, 0.15) is 5.75 Å². The molecule has 0 aliphatic carbocycles. The van der Waals surface area contributed by atoms with E-state index in [2.05, 4.69) is 20.9 Å². The molecule has 0 atom stereocenters. The van der Waals surface area contributed by atoms with Crippen LogP contribution in [0.3, 0.4) is 0 Å². The zero-order valence-electron chi connectivity index (χ0n) is 16.0. The van der Waals surface area contributed by atoms with Crippen molar-refractivity contribution in [2.45, 2.75) is 20.0 Å². The third-order valence-corrected chi connectivity index (χ3v) is 5.52. The number of aromatic carboxylic acids is 1. The second kappa shape index (κ2) is 8.84. The maximum absolute atomic E-state index is 12.7. The normalized spacial score (nSPS) is 16.9. The summed E-state index contributed by atoms with van der Waals surface area (Å²) in [5.41, 5.74) is 1.56. The van der Waals surface area contributed by atoms with E-state index in [1.165, 1.54) is 28.8 Å². The van der Waals surface area contributed by atoms with Gasteiger partial charge in [-0.1, -0.05) is 15.9 Å². The number of carboxylic acid groups (broad SMARTS) is 1. The van der Waals surface area contributed by atoms with Gasteiger partial charge in [-0.3, -0.25) is 9.69 Å². The molecule has 3 rings (SSSR count). The maximum Gasteiger partial charge on any atom is 0.335 e. The summed E-state index contributed by atoms with van der Waals surface area (Å²) in [4.78, 5) is 30.2. The highest BCUT2D eigenvalue weighted by Gasteiger charge is 2.30. The van der Waals surface area contributed by atoms with Crippen molar-refractivity contribution in [2.24, 2.45) is 4.99 Å². The molecule has 2 aromatic rings. The number of amidine groups is 1. The number of carbonyl (C=O) groups is 2. The van der Waals surface area contributed by atoms with Gasteiger partial charge in [-0.25, -0.2) is 9.79 Å². The number of likely N-dealkylation sites (N-methyl/N-ethyl adjacent to an activating group) is 1. The lowest BCUT2D eigenvalue weighted by Crippen LogP contribution is -2.23. The highest BCUT2D eigenvalue weighted by atomic mass is 79.9. The van der Waals surface area contributed by atoms with Crippen molar-refractivity contribution in [3.8, 4) is 5.75 Å². The number of benzene rings is 2. The van der Waals surface area contributed by atoms with E-state index in [-0.39, 0.29) is 17.6 Å². The Labute approximate surface area is 181 Å². The molecule has 0 spiro atoms. The molecule has 8 heteroatoms. The minimum Gasteiger partial charge on any atom is -0.490 e. The van der Waals surface area contributed by atoms with Gasteiger partial charge in [0.25, 0.3) is 5.91 Å². The Bertz CT molecular complexity index is 1020. The molecule has 0 bridgehead atoms. The van der Waals surface area contributed by atoms with Crippen LogP contribution >= 0.6 is 27.7 Å². The predicted octanol–water partition coefficient (Wildman–Crippen LogP) is 5.17. The highest BCUT2D eigenvalue weighted by Crippen LogP contribution is 2.35. The summed E-state index contributed by atoms with van der Waals surface area (Å²) >= 11 is 4.72. The van der Waals surface area contributed by atoms with Gasteiger partial charge < -0.3 is 9.84 Å². The molecule has 1 heterocycles. The van der Waals surface area contributed by atoms with Crippen molar-refractivity contribution in [3.63, 3.8) is 0 Å². The second-order valence-electron chi connectivity index (χ2n) is 6.57. The Morgan fingerprint density at radius 2 is 1.93 bits per heavy atom. The van der Waals surface area contributed by atoms with E-state index in [1.54, 1.807) is 25.3 Å². The molecule has 1 fully saturated rings. The van der Waals surface area contributed by atoms with Crippen LogP contribution in [0.5, 0.6) is 5.75 Å². The summed E-state index contributed by atoms with van der Waals surface area (Å²) in [5, 5.41) is 9.51. The van der Waals surface area contributed by atoms with Gasteiger partial charge in [-0.2, -0.15) is 0 Å². The monoisotopic (exact) mass is 474 g/mol. The number of hydrogen-bond donors (Lipinski definition) is 1. The standard InChI is InChI=1S/C21H19BrN2O4S/c1-12(2)28-17-9-6-15(22)10-14(17)11-18-19(25)24(3)21(29-18)23-16-7-4-13(5-8-16)20(26)27/h4-12H,1-3H3,(H,26,27)/b18-11+,23-21?. The number of halogens is 1. The van der Waals surface area contributed by atoms with Crippen molar-refractivity contribution in [1.29, 1.82) is 0 Å². The zero-order valence-corrected chi connectivity index (χ0v) is 18.5. The Balaban J connectivity index is 1.90. The molecule has 0 aromatic heterocycles. The molecule has 150 valence electrons. The summed E-state index contributed by atoms with van der Waals surface area (Å²) in [6.07, 6.45) is 1.80. The molecular weight excluding hydrogens is 456 g/mol. The van der Waals surface area contributed by atoms with Crippen molar-refractivity contribution in [2.75, 3.05) is 7.05 Å². The van der Waals surface area contributed by atoms with E-state index in [4.69, 9.17) is 9.84 Å². The van der Waals surface area contributed by atoms with E-state index in [0.717, 1.165) is 10.0 Å². The first-order valence-electron chi connectivity index (χ1n) is 8.80. The molecule has 2 aromatic carbocycles. The summed E-state index contributed by atoms with van der Waals surface area (Å²) < 4.78 is 6.73. The molecule has 0 unspecified atom stereocenters. The molecule has 1 amide bonds. The van der Waals surface area contributed by atoms with Crippen LogP contribution in [0.25, 0.3) is 6.08 Å². The fraction of sp³-hybridized carbons (Fsp3) is 0.190. The lowest BCUT2D eigenvalue weighted by atomic mass is 10.2. The first-order valence-corrected chi connectivity index (χ1v) is 10.4. The number of nitrogens with zero attached hydrogens (tertiary/aromatic N) is 2. The van der Waals surface area contributed by atoms with E-state index in [0.29, 0.717) is 21.5 Å². The Kier molecular flexibility index (Phi) is 6.44. The van der Waals surface area contributed by atoms with E-state index in [1.807, 2.05) is 32.0 Å². The van der Waals surface area contributed by atoms with E-state index >= 15 is 0 Å². The van der Waals surface area contributed by atoms with Crippen molar-refractivity contribution in [1.82, 2.24) is 4.90 Å². The molecule has 29 heavy (non-hydrogen) atoms. The lowest BCUT2D eigenvalue weighted by molar-refractivity contribution is -0.121. The molecule has 1 aliphatic heterocycles. The number of aliphatic imine (C=N–C) groups is 1. The highest BCUT2D eigenvalue weighted by molar-refractivity contribution is 9.10. The van der Waals surface area contributed by atoms with Gasteiger partial charge in [0.15, 0.2) is 5.17 Å².